The molecule has 2 aromatic carbocycles. The van der Waals surface area contributed by atoms with Crippen LogP contribution in [0.5, 0.6) is 5.75 Å². The highest BCUT2D eigenvalue weighted by Gasteiger charge is 2.08. The Labute approximate surface area is 124 Å². The number of carbonyl (C=O) groups is 1. The number of Topliss-reactive ketones (excluding diaryl/α,β-unsaturated/α-hetero) is 1. The van der Waals surface area contributed by atoms with Gasteiger partial charge in [-0.1, -0.05) is 18.2 Å². The summed E-state index contributed by atoms with van der Waals surface area (Å²) in [6, 6.07) is 15.5. The Morgan fingerprint density at radius 2 is 1.80 bits per heavy atom. The summed E-state index contributed by atoms with van der Waals surface area (Å²) in [5.41, 5.74) is 1.98. The van der Waals surface area contributed by atoms with Crippen LogP contribution in [0, 0.1) is 0 Å². The zero-order valence-corrected chi connectivity index (χ0v) is 12.6. The van der Waals surface area contributed by atoms with E-state index in [0.29, 0.717) is 6.42 Å². The van der Waals surface area contributed by atoms with Gasteiger partial charge in [-0.2, -0.15) is 0 Å². The van der Waals surface area contributed by atoms with Crippen LogP contribution < -0.4 is 4.74 Å². The van der Waals surface area contributed by atoms with E-state index in [2.05, 4.69) is 18.4 Å². The van der Waals surface area contributed by atoms with E-state index < -0.39 is 0 Å². The topological polar surface area (TPSA) is 26.3 Å². The number of benzene rings is 2. The van der Waals surface area contributed by atoms with Gasteiger partial charge in [0.05, 0.1) is 7.11 Å². The summed E-state index contributed by atoms with van der Waals surface area (Å²) >= 11 is 1.72. The first-order chi connectivity index (χ1) is 9.74. The van der Waals surface area contributed by atoms with E-state index in [1.54, 1.807) is 18.9 Å². The van der Waals surface area contributed by atoms with Crippen LogP contribution >= 0.6 is 11.8 Å². The van der Waals surface area contributed by atoms with Crippen molar-refractivity contribution in [3.8, 4) is 5.75 Å². The van der Waals surface area contributed by atoms with E-state index in [-0.39, 0.29) is 5.78 Å². The summed E-state index contributed by atoms with van der Waals surface area (Å²) in [5.74, 6) is 0.942. The number of hydrogen-bond acceptors (Lipinski definition) is 3. The van der Waals surface area contributed by atoms with Crippen molar-refractivity contribution in [2.45, 2.75) is 17.7 Å². The van der Waals surface area contributed by atoms with Crippen LogP contribution in [0.4, 0.5) is 0 Å². The smallest absolute Gasteiger partial charge is 0.163 e. The number of methoxy groups -OCH3 is 1. The predicted molar refractivity (Wildman–Crippen MR) is 83.9 cm³/mol. The number of rotatable bonds is 6. The third kappa shape index (κ3) is 3.64. The molecule has 0 saturated heterocycles. The number of thioether (sulfide) groups is 1. The van der Waals surface area contributed by atoms with E-state index in [9.17, 15) is 4.79 Å². The standard InChI is InChI=1S/C17H18O2S/c1-19-15-10-7-13(8-11-15)16(18)12-9-14-5-3-4-6-17(14)20-2/h3-8,10-11H,9,12H2,1-2H3. The second kappa shape index (κ2) is 7.15. The molecule has 0 bridgehead atoms. The molecule has 0 aliphatic rings. The molecule has 3 heteroatoms. The fourth-order valence-corrected chi connectivity index (χ4v) is 2.73. The van der Waals surface area contributed by atoms with Crippen molar-refractivity contribution < 1.29 is 9.53 Å². The minimum Gasteiger partial charge on any atom is -0.497 e. The summed E-state index contributed by atoms with van der Waals surface area (Å²) < 4.78 is 5.09. The Hall–Kier alpha value is -1.74. The summed E-state index contributed by atoms with van der Waals surface area (Å²) in [4.78, 5) is 13.4. The van der Waals surface area contributed by atoms with Gasteiger partial charge in [-0.25, -0.2) is 0 Å². The maximum absolute atomic E-state index is 12.2. The molecule has 104 valence electrons. The molecule has 0 N–H and O–H groups in total. The lowest BCUT2D eigenvalue weighted by Gasteiger charge is -2.07. The Balaban J connectivity index is 2.01. The maximum Gasteiger partial charge on any atom is 0.163 e. The van der Waals surface area contributed by atoms with Gasteiger partial charge in [0.1, 0.15) is 5.75 Å². The van der Waals surface area contributed by atoms with Crippen molar-refractivity contribution in [2.75, 3.05) is 13.4 Å². The second-order valence-corrected chi connectivity index (χ2v) is 5.31. The van der Waals surface area contributed by atoms with Crippen molar-refractivity contribution in [3.63, 3.8) is 0 Å². The molecule has 2 nitrogen and oxygen atoms in total. The quantitative estimate of drug-likeness (QED) is 0.587. The Morgan fingerprint density at radius 3 is 2.45 bits per heavy atom. The third-order valence-corrected chi connectivity index (χ3v) is 4.06. The van der Waals surface area contributed by atoms with Gasteiger partial charge in [-0.15, -0.1) is 11.8 Å². The van der Waals surface area contributed by atoms with Gasteiger partial charge in [0, 0.05) is 16.9 Å². The van der Waals surface area contributed by atoms with Crippen LogP contribution in [-0.4, -0.2) is 19.1 Å². The van der Waals surface area contributed by atoms with Crippen LogP contribution in [0.1, 0.15) is 22.3 Å². The molecule has 0 saturated carbocycles. The molecule has 0 spiro atoms. The molecule has 2 rings (SSSR count). The number of hydrogen-bond donors (Lipinski definition) is 0. The fraction of sp³-hybridized carbons (Fsp3) is 0.235. The molecule has 0 aliphatic heterocycles. The van der Waals surface area contributed by atoms with Crippen LogP contribution in [0.2, 0.25) is 0 Å². The van der Waals surface area contributed by atoms with Crippen LogP contribution in [0.25, 0.3) is 0 Å². The average Bonchev–Trinajstić information content (AvgIpc) is 2.53. The number of aryl methyl sites for hydroxylation is 1. The minimum absolute atomic E-state index is 0.170. The van der Waals surface area contributed by atoms with Crippen molar-refractivity contribution in [2.24, 2.45) is 0 Å². The molecule has 0 heterocycles. The first-order valence-electron chi connectivity index (χ1n) is 6.53. The lowest BCUT2D eigenvalue weighted by Crippen LogP contribution is -2.01. The summed E-state index contributed by atoms with van der Waals surface area (Å²) in [6.07, 6.45) is 3.37. The molecule has 20 heavy (non-hydrogen) atoms. The number of ketones is 1. The molecular formula is C17H18O2S. The summed E-state index contributed by atoms with van der Waals surface area (Å²) in [5, 5.41) is 0. The first-order valence-corrected chi connectivity index (χ1v) is 7.76. The molecule has 0 radical (unpaired) electrons. The van der Waals surface area contributed by atoms with Gasteiger partial charge >= 0.3 is 0 Å². The van der Waals surface area contributed by atoms with Crippen molar-refractivity contribution in [3.05, 3.63) is 59.7 Å². The van der Waals surface area contributed by atoms with E-state index in [4.69, 9.17) is 4.74 Å². The number of ether oxygens (including phenoxy) is 1. The minimum atomic E-state index is 0.170. The van der Waals surface area contributed by atoms with E-state index in [1.165, 1.54) is 10.5 Å². The zero-order valence-electron chi connectivity index (χ0n) is 11.8. The van der Waals surface area contributed by atoms with E-state index in [1.807, 2.05) is 36.4 Å². The molecule has 0 atom stereocenters. The van der Waals surface area contributed by atoms with Crippen LogP contribution in [0.3, 0.4) is 0 Å². The highest BCUT2D eigenvalue weighted by Crippen LogP contribution is 2.22. The van der Waals surface area contributed by atoms with Crippen molar-refractivity contribution in [1.29, 1.82) is 0 Å². The average molecular weight is 286 g/mol. The monoisotopic (exact) mass is 286 g/mol. The molecule has 0 unspecified atom stereocenters. The van der Waals surface area contributed by atoms with E-state index >= 15 is 0 Å². The lowest BCUT2D eigenvalue weighted by atomic mass is 10.0. The Bertz CT molecular complexity index is 576. The van der Waals surface area contributed by atoms with E-state index in [0.717, 1.165) is 17.7 Å². The van der Waals surface area contributed by atoms with Gasteiger partial charge in [-0.3, -0.25) is 4.79 Å². The first kappa shape index (κ1) is 14.7. The van der Waals surface area contributed by atoms with Gasteiger partial charge in [0.25, 0.3) is 0 Å². The van der Waals surface area contributed by atoms with Gasteiger partial charge < -0.3 is 4.74 Å². The van der Waals surface area contributed by atoms with Crippen molar-refractivity contribution in [1.82, 2.24) is 0 Å². The normalized spacial score (nSPS) is 10.3. The summed E-state index contributed by atoms with van der Waals surface area (Å²) in [7, 11) is 1.62. The van der Waals surface area contributed by atoms with Crippen LogP contribution in [0.15, 0.2) is 53.4 Å². The zero-order chi connectivity index (χ0) is 14.4. The largest absolute Gasteiger partial charge is 0.497 e. The van der Waals surface area contributed by atoms with Gasteiger partial charge in [-0.05, 0) is 48.6 Å². The lowest BCUT2D eigenvalue weighted by molar-refractivity contribution is 0.0982. The highest BCUT2D eigenvalue weighted by atomic mass is 32.2. The molecule has 0 amide bonds. The molecule has 0 aromatic heterocycles. The van der Waals surface area contributed by atoms with Gasteiger partial charge in [0.15, 0.2) is 5.78 Å². The SMILES string of the molecule is COc1ccc(C(=O)CCc2ccccc2SC)cc1. The third-order valence-electron chi connectivity index (χ3n) is 3.23. The van der Waals surface area contributed by atoms with Gasteiger partial charge in [0.2, 0.25) is 0 Å². The molecular weight excluding hydrogens is 268 g/mol. The molecule has 0 fully saturated rings. The Morgan fingerprint density at radius 1 is 1.10 bits per heavy atom. The maximum atomic E-state index is 12.2. The molecule has 0 aliphatic carbocycles. The fourth-order valence-electron chi connectivity index (χ4n) is 2.08. The second-order valence-electron chi connectivity index (χ2n) is 4.46. The highest BCUT2D eigenvalue weighted by molar-refractivity contribution is 7.98. The van der Waals surface area contributed by atoms with Crippen LogP contribution in [-0.2, 0) is 6.42 Å². The summed E-state index contributed by atoms with van der Waals surface area (Å²) in [6.45, 7) is 0. The van der Waals surface area contributed by atoms with Crippen molar-refractivity contribution >= 4 is 17.5 Å². The number of carbonyl (C=O) groups excluding carboxylic acids is 1. The Kier molecular flexibility index (Phi) is 5.24. The molecule has 2 aromatic rings. The predicted octanol–water partition coefficient (Wildman–Crippen LogP) is 4.23.